The Morgan fingerprint density at radius 1 is 1.08 bits per heavy atom. The summed E-state index contributed by atoms with van der Waals surface area (Å²) in [6.45, 7) is 0. The maximum absolute atomic E-state index is 13.2. The summed E-state index contributed by atoms with van der Waals surface area (Å²) >= 11 is 0. The minimum absolute atomic E-state index is 0.0239. The minimum atomic E-state index is -0.360. The molecule has 0 bridgehead atoms. The van der Waals surface area contributed by atoms with Crippen molar-refractivity contribution in [3.63, 3.8) is 0 Å². The smallest absolute Gasteiger partial charge is 0.250 e. The highest BCUT2D eigenvalue weighted by molar-refractivity contribution is 5.88. The maximum Gasteiger partial charge on any atom is 0.250 e. The van der Waals surface area contributed by atoms with Crippen LogP contribution in [-0.2, 0) is 7.05 Å². The molecule has 3 rings (SSSR count). The molecule has 0 spiro atoms. The fourth-order valence-corrected chi connectivity index (χ4v) is 2.41. The largest absolute Gasteiger partial charge is 0.368 e. The van der Waals surface area contributed by atoms with E-state index in [0.717, 1.165) is 0 Å². The van der Waals surface area contributed by atoms with E-state index in [0.29, 0.717) is 28.2 Å². The van der Waals surface area contributed by atoms with Crippen LogP contribution in [0.15, 0.2) is 47.4 Å². The highest BCUT2D eigenvalue weighted by atomic mass is 19.1. The first-order chi connectivity index (χ1) is 11.5. The number of nitrogen functional groups attached to an aromatic ring is 2. The number of hydrogen-bond donors (Lipinski definition) is 3. The van der Waals surface area contributed by atoms with Crippen LogP contribution in [0.5, 0.6) is 0 Å². The van der Waals surface area contributed by atoms with Gasteiger partial charge in [0, 0.05) is 30.4 Å². The predicted octanol–water partition coefficient (Wildman–Crippen LogP) is 1.52. The zero-order chi connectivity index (χ0) is 17.3. The Hall–Kier alpha value is -3.26. The second-order valence-corrected chi connectivity index (χ2v) is 5.17. The van der Waals surface area contributed by atoms with Crippen LogP contribution in [0.2, 0.25) is 0 Å². The van der Waals surface area contributed by atoms with Gasteiger partial charge in [-0.1, -0.05) is 0 Å². The van der Waals surface area contributed by atoms with Crippen LogP contribution in [0.1, 0.15) is 0 Å². The van der Waals surface area contributed by atoms with E-state index in [1.807, 2.05) is 0 Å². The van der Waals surface area contributed by atoms with Gasteiger partial charge in [0.1, 0.15) is 5.82 Å². The molecule has 0 aliphatic heterocycles. The molecule has 7 nitrogen and oxygen atoms in total. The van der Waals surface area contributed by atoms with Crippen LogP contribution in [0.3, 0.4) is 0 Å². The van der Waals surface area contributed by atoms with Crippen molar-refractivity contribution in [2.24, 2.45) is 12.9 Å². The highest BCUT2D eigenvalue weighted by Crippen LogP contribution is 2.35. The molecular weight excluding hydrogens is 311 g/mol. The third kappa shape index (κ3) is 2.82. The van der Waals surface area contributed by atoms with E-state index < -0.39 is 0 Å². The average molecular weight is 326 g/mol. The molecule has 0 radical (unpaired) electrons. The Labute approximate surface area is 136 Å². The lowest BCUT2D eigenvalue weighted by atomic mass is 10.0. The molecule has 0 fully saturated rings. The first-order valence-corrected chi connectivity index (χ1v) is 7.06. The van der Waals surface area contributed by atoms with Gasteiger partial charge in [-0.2, -0.15) is 4.98 Å². The Morgan fingerprint density at radius 2 is 1.75 bits per heavy atom. The summed E-state index contributed by atoms with van der Waals surface area (Å²) in [5.74, 6) is 5.54. The van der Waals surface area contributed by atoms with Gasteiger partial charge in [-0.05, 0) is 30.3 Å². The molecule has 24 heavy (non-hydrogen) atoms. The molecular formula is C16H15FN6O. The van der Waals surface area contributed by atoms with Crippen molar-refractivity contribution in [3.05, 3.63) is 58.8 Å². The van der Waals surface area contributed by atoms with Crippen LogP contribution in [-0.4, -0.2) is 14.5 Å². The first kappa shape index (κ1) is 15.6. The van der Waals surface area contributed by atoms with Crippen LogP contribution >= 0.6 is 0 Å². The van der Waals surface area contributed by atoms with Crippen molar-refractivity contribution in [1.29, 1.82) is 0 Å². The highest BCUT2D eigenvalue weighted by Gasteiger charge is 2.17. The lowest BCUT2D eigenvalue weighted by molar-refractivity contribution is 0.628. The molecule has 0 aliphatic rings. The number of pyridine rings is 1. The molecule has 0 amide bonds. The molecule has 0 atom stereocenters. The van der Waals surface area contributed by atoms with Crippen LogP contribution in [0, 0.1) is 5.82 Å². The Morgan fingerprint density at radius 3 is 2.38 bits per heavy atom. The number of hydrazine groups is 1. The van der Waals surface area contributed by atoms with E-state index in [1.54, 1.807) is 31.4 Å². The third-order valence-electron chi connectivity index (χ3n) is 3.56. The maximum atomic E-state index is 13.2. The Bertz CT molecular complexity index is 952. The molecule has 5 N–H and O–H groups in total. The summed E-state index contributed by atoms with van der Waals surface area (Å²) in [6.07, 6.45) is 1.64. The number of rotatable bonds is 3. The van der Waals surface area contributed by atoms with E-state index in [2.05, 4.69) is 15.4 Å². The Balaban J connectivity index is 2.31. The number of aryl methyl sites for hydroxylation is 1. The van der Waals surface area contributed by atoms with Gasteiger partial charge in [-0.25, -0.2) is 15.2 Å². The molecule has 0 saturated heterocycles. The van der Waals surface area contributed by atoms with Gasteiger partial charge in [0.05, 0.1) is 11.3 Å². The lowest BCUT2D eigenvalue weighted by Gasteiger charge is -2.14. The summed E-state index contributed by atoms with van der Waals surface area (Å²) in [4.78, 5) is 20.0. The zero-order valence-electron chi connectivity index (χ0n) is 12.8. The van der Waals surface area contributed by atoms with Gasteiger partial charge in [-0.3, -0.25) is 4.79 Å². The first-order valence-electron chi connectivity index (χ1n) is 7.06. The summed E-state index contributed by atoms with van der Waals surface area (Å²) in [6, 6.07) is 8.90. The summed E-state index contributed by atoms with van der Waals surface area (Å²) in [5, 5.41) is 0. The molecule has 0 unspecified atom stereocenters. The molecule has 8 heteroatoms. The van der Waals surface area contributed by atoms with Crippen LogP contribution < -0.4 is 22.6 Å². The van der Waals surface area contributed by atoms with E-state index in [9.17, 15) is 9.18 Å². The fourth-order valence-electron chi connectivity index (χ4n) is 2.41. The van der Waals surface area contributed by atoms with E-state index in [1.165, 1.54) is 22.8 Å². The van der Waals surface area contributed by atoms with Crippen molar-refractivity contribution >= 4 is 11.8 Å². The topological polar surface area (TPSA) is 112 Å². The average Bonchev–Trinajstić information content (AvgIpc) is 2.57. The number of nitrogens with two attached hydrogens (primary N) is 2. The number of benzene rings is 1. The van der Waals surface area contributed by atoms with Gasteiger partial charge in [0.25, 0.3) is 0 Å². The van der Waals surface area contributed by atoms with Crippen molar-refractivity contribution in [3.8, 4) is 22.4 Å². The van der Waals surface area contributed by atoms with Gasteiger partial charge in [0.15, 0.2) is 5.82 Å². The number of halogens is 1. The van der Waals surface area contributed by atoms with E-state index >= 15 is 0 Å². The quantitative estimate of drug-likeness (QED) is 0.497. The van der Waals surface area contributed by atoms with Crippen molar-refractivity contribution in [2.75, 3.05) is 11.2 Å². The molecule has 0 saturated carbocycles. The lowest BCUT2D eigenvalue weighted by Crippen LogP contribution is -2.16. The second kappa shape index (κ2) is 6.09. The number of nitrogens with one attached hydrogen (secondary N) is 1. The number of hydrogen-bond acceptors (Lipinski definition) is 6. The minimum Gasteiger partial charge on any atom is -0.368 e. The zero-order valence-corrected chi connectivity index (χ0v) is 12.8. The van der Waals surface area contributed by atoms with E-state index in [-0.39, 0.29) is 17.3 Å². The molecule has 3 aromatic rings. The molecule has 0 aliphatic carbocycles. The third-order valence-corrected chi connectivity index (χ3v) is 3.56. The molecule has 2 heterocycles. The second-order valence-electron chi connectivity index (χ2n) is 5.17. The molecule has 1 aromatic carbocycles. The molecule has 122 valence electrons. The SMILES string of the molecule is Cn1cc(-c2c(NN)nc(N)nc2-c2ccc(F)cc2)ccc1=O. The van der Waals surface area contributed by atoms with E-state index in [4.69, 9.17) is 11.6 Å². The van der Waals surface area contributed by atoms with Crippen molar-refractivity contribution in [2.45, 2.75) is 0 Å². The summed E-state index contributed by atoms with van der Waals surface area (Å²) < 4.78 is 14.7. The van der Waals surface area contributed by atoms with Crippen molar-refractivity contribution in [1.82, 2.24) is 14.5 Å². The van der Waals surface area contributed by atoms with Gasteiger partial charge in [0.2, 0.25) is 11.5 Å². The number of anilines is 2. The van der Waals surface area contributed by atoms with Crippen LogP contribution in [0.4, 0.5) is 16.2 Å². The number of aromatic nitrogens is 3. The summed E-state index contributed by atoms with van der Waals surface area (Å²) in [7, 11) is 1.64. The summed E-state index contributed by atoms with van der Waals surface area (Å²) in [5.41, 5.74) is 10.5. The van der Waals surface area contributed by atoms with Gasteiger partial charge >= 0.3 is 0 Å². The van der Waals surface area contributed by atoms with Gasteiger partial charge < -0.3 is 15.7 Å². The fraction of sp³-hybridized carbons (Fsp3) is 0.0625. The monoisotopic (exact) mass is 326 g/mol. The Kier molecular flexibility index (Phi) is 3.97. The van der Waals surface area contributed by atoms with Crippen molar-refractivity contribution < 1.29 is 4.39 Å². The predicted molar refractivity (Wildman–Crippen MR) is 90.3 cm³/mol. The standard InChI is InChI=1S/C16H15FN6O/c1-23-8-10(4-7-12(23)24)13-14(9-2-5-11(17)6-3-9)20-16(18)21-15(13)22-19/h2-8H,19H2,1H3,(H3,18,20,21,22). The van der Waals surface area contributed by atoms with Crippen LogP contribution in [0.25, 0.3) is 22.4 Å². The normalized spacial score (nSPS) is 10.6. The van der Waals surface area contributed by atoms with Gasteiger partial charge in [-0.15, -0.1) is 0 Å². The number of nitrogens with zero attached hydrogens (tertiary/aromatic N) is 3. The molecule has 2 aromatic heterocycles.